The van der Waals surface area contributed by atoms with E-state index in [-0.39, 0.29) is 0 Å². The minimum absolute atomic E-state index is 0.338. The van der Waals surface area contributed by atoms with E-state index in [9.17, 15) is 0 Å². The van der Waals surface area contributed by atoms with Crippen LogP contribution >= 0.6 is 21.6 Å². The molecule has 17 heavy (non-hydrogen) atoms. The monoisotopic (exact) mass is 278 g/mol. The van der Waals surface area contributed by atoms with Gasteiger partial charge in [-0.3, -0.25) is 5.32 Å². The highest BCUT2D eigenvalue weighted by Crippen LogP contribution is 2.28. The van der Waals surface area contributed by atoms with Crippen LogP contribution < -0.4 is 10.6 Å². The van der Waals surface area contributed by atoms with Crippen molar-refractivity contribution in [2.45, 2.75) is 39.5 Å². The molecule has 5 heteroatoms. The second-order valence-electron chi connectivity index (χ2n) is 4.68. The van der Waals surface area contributed by atoms with Gasteiger partial charge in [0.25, 0.3) is 0 Å². The van der Waals surface area contributed by atoms with Gasteiger partial charge in [-0.2, -0.15) is 0 Å². The minimum Gasteiger partial charge on any atom is -0.353 e. The van der Waals surface area contributed by atoms with Crippen LogP contribution in [0.4, 0.5) is 0 Å². The molecule has 2 N–H and O–H groups in total. The Labute approximate surface area is 114 Å². The van der Waals surface area contributed by atoms with Gasteiger partial charge in [0.05, 0.1) is 0 Å². The highest BCUT2D eigenvalue weighted by molar-refractivity contribution is 8.76. The molecule has 1 aliphatic rings. The average molecular weight is 278 g/mol. The third kappa shape index (κ3) is 8.32. The van der Waals surface area contributed by atoms with Gasteiger partial charge in [0.2, 0.25) is 0 Å². The summed E-state index contributed by atoms with van der Waals surface area (Å²) in [5.74, 6) is 3.09. The third-order valence-electron chi connectivity index (χ3n) is 2.49. The van der Waals surface area contributed by atoms with Gasteiger partial charge in [-0.15, -0.1) is 0 Å². The first-order valence-electron chi connectivity index (χ1n) is 6.58. The van der Waals surface area contributed by atoms with E-state index in [2.05, 4.69) is 31.4 Å². The first-order chi connectivity index (χ1) is 8.24. The Balaban J connectivity index is 1.79. The number of hydrogen-bond donors (Lipinski definition) is 2. The maximum absolute atomic E-state index is 5.57. The first kappa shape index (κ1) is 15.6. The van der Waals surface area contributed by atoms with E-state index in [1.807, 2.05) is 21.6 Å². The largest absolute Gasteiger partial charge is 0.353 e. The van der Waals surface area contributed by atoms with Crippen LogP contribution in [0.1, 0.15) is 27.2 Å². The van der Waals surface area contributed by atoms with E-state index in [1.165, 1.54) is 17.9 Å². The lowest BCUT2D eigenvalue weighted by molar-refractivity contribution is 0.335. The fourth-order valence-electron chi connectivity index (χ4n) is 1.47. The smallest absolute Gasteiger partial charge is 0.135 e. The Morgan fingerprint density at radius 2 is 2.00 bits per heavy atom. The molecule has 0 radical (unpaired) electrons. The SMILES string of the molecule is CCNCCSSCCC1OC1NCC(C)C. The summed E-state index contributed by atoms with van der Waals surface area (Å²) in [4.78, 5) is 0. The fourth-order valence-corrected chi connectivity index (χ4v) is 3.50. The molecule has 0 saturated carbocycles. The zero-order valence-electron chi connectivity index (χ0n) is 11.2. The number of rotatable bonds is 11. The van der Waals surface area contributed by atoms with Gasteiger partial charge >= 0.3 is 0 Å². The Morgan fingerprint density at radius 1 is 1.24 bits per heavy atom. The zero-order valence-corrected chi connectivity index (χ0v) is 12.8. The molecule has 2 unspecified atom stereocenters. The third-order valence-corrected chi connectivity index (χ3v) is 4.93. The van der Waals surface area contributed by atoms with E-state index < -0.39 is 0 Å². The van der Waals surface area contributed by atoms with Crippen molar-refractivity contribution in [1.29, 1.82) is 0 Å². The average Bonchev–Trinajstić information content (AvgIpc) is 3.04. The molecule has 0 amide bonds. The maximum atomic E-state index is 5.57. The van der Waals surface area contributed by atoms with Crippen LogP contribution in [0, 0.1) is 5.92 Å². The lowest BCUT2D eigenvalue weighted by Crippen LogP contribution is -2.24. The number of ether oxygens (including phenoxy) is 1. The standard InChI is InChI=1S/C12H26N2OS2/c1-4-13-6-8-17-16-7-5-11-12(15-11)14-9-10(2)3/h10-14H,4-9H2,1-3H3. The Kier molecular flexibility index (Phi) is 8.74. The van der Waals surface area contributed by atoms with E-state index in [0.717, 1.165) is 19.6 Å². The van der Waals surface area contributed by atoms with Crippen molar-refractivity contribution in [3.63, 3.8) is 0 Å². The van der Waals surface area contributed by atoms with Gasteiger partial charge in [-0.05, 0) is 25.4 Å². The molecule has 1 fully saturated rings. The van der Waals surface area contributed by atoms with Crippen LogP contribution in [-0.4, -0.2) is 43.5 Å². The molecule has 0 aromatic rings. The highest BCUT2D eigenvalue weighted by atomic mass is 33.1. The van der Waals surface area contributed by atoms with Crippen LogP contribution in [0.25, 0.3) is 0 Å². The quantitative estimate of drug-likeness (QED) is 0.345. The molecule has 2 atom stereocenters. The van der Waals surface area contributed by atoms with Crippen LogP contribution in [0.5, 0.6) is 0 Å². The predicted molar refractivity (Wildman–Crippen MR) is 79.6 cm³/mol. The Bertz CT molecular complexity index is 193. The van der Waals surface area contributed by atoms with Crippen molar-refractivity contribution < 1.29 is 4.74 Å². The molecular weight excluding hydrogens is 252 g/mol. The lowest BCUT2D eigenvalue weighted by Gasteiger charge is -2.03. The highest BCUT2D eigenvalue weighted by Gasteiger charge is 2.37. The van der Waals surface area contributed by atoms with E-state index >= 15 is 0 Å². The molecule has 1 rings (SSSR count). The van der Waals surface area contributed by atoms with E-state index in [1.54, 1.807) is 0 Å². The van der Waals surface area contributed by atoms with Gasteiger partial charge in [-0.1, -0.05) is 42.4 Å². The maximum Gasteiger partial charge on any atom is 0.135 e. The van der Waals surface area contributed by atoms with Crippen molar-refractivity contribution in [1.82, 2.24) is 10.6 Å². The van der Waals surface area contributed by atoms with E-state index in [4.69, 9.17) is 4.74 Å². The van der Waals surface area contributed by atoms with Gasteiger partial charge < -0.3 is 10.1 Å². The first-order valence-corrected chi connectivity index (χ1v) is 9.06. The van der Waals surface area contributed by atoms with E-state index in [0.29, 0.717) is 18.2 Å². The topological polar surface area (TPSA) is 36.6 Å². The Hall–Kier alpha value is 0.580. The molecule has 0 spiro atoms. The molecule has 0 aromatic heterocycles. The number of hydrogen-bond acceptors (Lipinski definition) is 5. The van der Waals surface area contributed by atoms with Gasteiger partial charge in [-0.25, -0.2) is 0 Å². The van der Waals surface area contributed by atoms with Crippen LogP contribution in [-0.2, 0) is 4.74 Å². The summed E-state index contributed by atoms with van der Waals surface area (Å²) in [6, 6.07) is 0. The van der Waals surface area contributed by atoms with Crippen LogP contribution in [0.2, 0.25) is 0 Å². The second kappa shape index (κ2) is 9.50. The van der Waals surface area contributed by atoms with Crippen molar-refractivity contribution in [3.8, 4) is 0 Å². The Morgan fingerprint density at radius 3 is 2.71 bits per heavy atom. The summed E-state index contributed by atoms with van der Waals surface area (Å²) in [6.07, 6.45) is 1.98. The lowest BCUT2D eigenvalue weighted by atomic mass is 10.2. The summed E-state index contributed by atoms with van der Waals surface area (Å²) in [6.45, 7) is 9.84. The molecule has 0 aromatic carbocycles. The van der Waals surface area contributed by atoms with Gasteiger partial charge in [0.15, 0.2) is 0 Å². The van der Waals surface area contributed by atoms with Crippen molar-refractivity contribution in [2.75, 3.05) is 31.1 Å². The molecule has 1 aliphatic heterocycles. The molecular formula is C12H26N2OS2. The summed E-state index contributed by atoms with van der Waals surface area (Å²) in [5.41, 5.74) is 0. The summed E-state index contributed by atoms with van der Waals surface area (Å²) in [7, 11) is 3.93. The molecule has 1 heterocycles. The zero-order chi connectivity index (χ0) is 12.5. The second-order valence-corrected chi connectivity index (χ2v) is 7.39. The number of epoxide rings is 1. The predicted octanol–water partition coefficient (Wildman–Crippen LogP) is 2.34. The summed E-state index contributed by atoms with van der Waals surface area (Å²) >= 11 is 0. The minimum atomic E-state index is 0.338. The van der Waals surface area contributed by atoms with Crippen molar-refractivity contribution in [2.24, 2.45) is 5.92 Å². The summed E-state index contributed by atoms with van der Waals surface area (Å²) in [5, 5.41) is 6.75. The normalized spacial score (nSPS) is 23.3. The number of nitrogens with one attached hydrogen (secondary N) is 2. The van der Waals surface area contributed by atoms with Crippen molar-refractivity contribution >= 4 is 21.6 Å². The van der Waals surface area contributed by atoms with Gasteiger partial charge in [0, 0.05) is 18.1 Å². The van der Waals surface area contributed by atoms with Gasteiger partial charge in [0.1, 0.15) is 12.3 Å². The molecule has 102 valence electrons. The molecule has 1 saturated heterocycles. The molecule has 0 bridgehead atoms. The fraction of sp³-hybridized carbons (Fsp3) is 1.00. The molecule has 3 nitrogen and oxygen atoms in total. The van der Waals surface area contributed by atoms with Crippen LogP contribution in [0.15, 0.2) is 0 Å². The molecule has 0 aliphatic carbocycles. The summed E-state index contributed by atoms with van der Waals surface area (Å²) < 4.78 is 5.57. The van der Waals surface area contributed by atoms with Crippen LogP contribution in [0.3, 0.4) is 0 Å². The van der Waals surface area contributed by atoms with Crippen molar-refractivity contribution in [3.05, 3.63) is 0 Å².